The lowest BCUT2D eigenvalue weighted by molar-refractivity contribution is -0.141. The minimum atomic E-state index is -1.02. The first-order valence-electron chi connectivity index (χ1n) is 7.02. The molecule has 0 aromatic heterocycles. The number of likely N-dealkylation sites (tertiary alicyclic amines) is 2. The molecule has 2 amide bonds. The molecule has 2 aliphatic heterocycles. The summed E-state index contributed by atoms with van der Waals surface area (Å²) in [4.78, 5) is 26.7. The highest BCUT2D eigenvalue weighted by atomic mass is 16.4. The topological polar surface area (TPSA) is 81.1 Å². The van der Waals surface area contributed by atoms with E-state index in [1.165, 1.54) is 24.2 Å². The van der Waals surface area contributed by atoms with Gasteiger partial charge in [0.05, 0.1) is 6.10 Å². The van der Waals surface area contributed by atoms with Gasteiger partial charge in [0, 0.05) is 26.1 Å². The maximum Gasteiger partial charge on any atom is 0.326 e. The summed E-state index contributed by atoms with van der Waals surface area (Å²) in [7, 11) is 0. The van der Waals surface area contributed by atoms with Crippen LogP contribution < -0.4 is 0 Å². The van der Waals surface area contributed by atoms with Gasteiger partial charge >= 0.3 is 12.0 Å². The molecule has 106 valence electrons. The second-order valence-corrected chi connectivity index (χ2v) is 6.03. The Hall–Kier alpha value is -1.30. The van der Waals surface area contributed by atoms with Gasteiger partial charge in [-0.15, -0.1) is 0 Å². The van der Waals surface area contributed by atoms with Gasteiger partial charge in [-0.05, 0) is 24.7 Å². The van der Waals surface area contributed by atoms with Gasteiger partial charge in [0.25, 0.3) is 0 Å². The highest BCUT2D eigenvalue weighted by Gasteiger charge is 2.44. The van der Waals surface area contributed by atoms with Gasteiger partial charge in [0.2, 0.25) is 0 Å². The Morgan fingerprint density at radius 3 is 2.26 bits per heavy atom. The van der Waals surface area contributed by atoms with Crippen molar-refractivity contribution in [2.75, 3.05) is 19.6 Å². The number of aliphatic hydroxyl groups excluding tert-OH is 1. The maximum atomic E-state index is 12.4. The van der Waals surface area contributed by atoms with E-state index in [0.29, 0.717) is 11.8 Å². The summed E-state index contributed by atoms with van der Waals surface area (Å²) in [6.07, 6.45) is 3.03. The van der Waals surface area contributed by atoms with Crippen molar-refractivity contribution in [2.45, 2.75) is 37.8 Å². The van der Waals surface area contributed by atoms with Crippen LogP contribution in [-0.2, 0) is 4.79 Å². The van der Waals surface area contributed by atoms with Gasteiger partial charge in [-0.3, -0.25) is 0 Å². The van der Waals surface area contributed by atoms with Crippen molar-refractivity contribution in [1.82, 2.24) is 9.80 Å². The zero-order valence-corrected chi connectivity index (χ0v) is 10.9. The van der Waals surface area contributed by atoms with Crippen molar-refractivity contribution in [3.63, 3.8) is 0 Å². The number of fused-ring (bicyclic) bond motifs is 1. The number of hydrogen-bond acceptors (Lipinski definition) is 3. The van der Waals surface area contributed by atoms with Crippen molar-refractivity contribution in [2.24, 2.45) is 11.8 Å². The molecular weight excluding hydrogens is 248 g/mol. The Bertz CT molecular complexity index is 388. The lowest BCUT2D eigenvalue weighted by atomic mass is 10.0. The largest absolute Gasteiger partial charge is 0.480 e. The van der Waals surface area contributed by atoms with E-state index in [-0.39, 0.29) is 19.0 Å². The standard InChI is InChI=1S/C13H20N2O4/c16-10-4-11(12(17)18)15(7-10)13(19)14-5-8-2-1-3-9(8)6-14/h8-11,16H,1-7H2,(H,17,18)/t8?,9?,10-,11-/m1/s1. The van der Waals surface area contributed by atoms with E-state index in [1.54, 1.807) is 4.90 Å². The number of nitrogens with zero attached hydrogens (tertiary/aromatic N) is 2. The number of β-amino-alcohol motifs (C(OH)–C–C–N with tert-alkyl or cyclic N) is 1. The first-order valence-corrected chi connectivity index (χ1v) is 7.02. The molecule has 3 rings (SSSR count). The van der Waals surface area contributed by atoms with Crippen LogP contribution in [-0.4, -0.2) is 63.8 Å². The quantitative estimate of drug-likeness (QED) is 0.719. The van der Waals surface area contributed by atoms with Gasteiger partial charge in [-0.1, -0.05) is 6.42 Å². The van der Waals surface area contributed by atoms with Crippen LogP contribution in [0, 0.1) is 11.8 Å². The van der Waals surface area contributed by atoms with Crippen molar-refractivity contribution < 1.29 is 19.8 Å². The lowest BCUT2D eigenvalue weighted by Crippen LogP contribution is -2.47. The Morgan fingerprint density at radius 1 is 1.05 bits per heavy atom. The molecule has 3 aliphatic rings. The van der Waals surface area contributed by atoms with E-state index in [4.69, 9.17) is 5.11 Å². The Labute approximate surface area is 112 Å². The summed E-state index contributed by atoms with van der Waals surface area (Å²) in [5.74, 6) is 0.170. The first kappa shape index (κ1) is 12.7. The molecule has 3 fully saturated rings. The second kappa shape index (κ2) is 4.67. The fourth-order valence-corrected chi connectivity index (χ4v) is 3.83. The molecular formula is C13H20N2O4. The monoisotopic (exact) mass is 268 g/mol. The summed E-state index contributed by atoms with van der Waals surface area (Å²) in [5.41, 5.74) is 0. The molecule has 2 saturated heterocycles. The maximum absolute atomic E-state index is 12.4. The molecule has 0 spiro atoms. The number of carboxylic acids is 1. The number of amides is 2. The number of urea groups is 1. The van der Waals surface area contributed by atoms with Crippen LogP contribution in [0.2, 0.25) is 0 Å². The molecule has 0 aromatic rings. The molecule has 4 atom stereocenters. The second-order valence-electron chi connectivity index (χ2n) is 6.03. The third-order valence-corrected chi connectivity index (χ3v) is 4.81. The van der Waals surface area contributed by atoms with E-state index in [2.05, 4.69) is 0 Å². The lowest BCUT2D eigenvalue weighted by Gasteiger charge is -2.27. The number of rotatable bonds is 1. The van der Waals surface area contributed by atoms with Crippen LogP contribution >= 0.6 is 0 Å². The van der Waals surface area contributed by atoms with Gasteiger partial charge < -0.3 is 20.0 Å². The molecule has 2 unspecified atom stereocenters. The molecule has 1 aliphatic carbocycles. The van der Waals surface area contributed by atoms with Gasteiger partial charge in [-0.2, -0.15) is 0 Å². The first-order chi connectivity index (χ1) is 9.06. The fraction of sp³-hybridized carbons (Fsp3) is 0.846. The van der Waals surface area contributed by atoms with Crippen molar-refractivity contribution in [1.29, 1.82) is 0 Å². The Kier molecular flexibility index (Phi) is 3.12. The Morgan fingerprint density at radius 2 is 1.68 bits per heavy atom. The number of aliphatic carboxylic acids is 1. The molecule has 0 bridgehead atoms. The molecule has 1 saturated carbocycles. The smallest absolute Gasteiger partial charge is 0.326 e. The van der Waals surface area contributed by atoms with E-state index >= 15 is 0 Å². The number of carbonyl (C=O) groups excluding carboxylic acids is 1. The van der Waals surface area contributed by atoms with Gasteiger partial charge in [0.15, 0.2) is 0 Å². The zero-order valence-electron chi connectivity index (χ0n) is 10.9. The van der Waals surface area contributed by atoms with Crippen LogP contribution in [0.25, 0.3) is 0 Å². The van der Waals surface area contributed by atoms with E-state index < -0.39 is 18.1 Å². The average Bonchev–Trinajstić information content (AvgIpc) is 2.99. The predicted octanol–water partition coefficient (Wildman–Crippen LogP) is 0.358. The highest BCUT2D eigenvalue weighted by molar-refractivity contribution is 5.83. The molecule has 2 heterocycles. The zero-order chi connectivity index (χ0) is 13.6. The van der Waals surface area contributed by atoms with E-state index in [9.17, 15) is 14.7 Å². The predicted molar refractivity (Wildman–Crippen MR) is 66.6 cm³/mol. The van der Waals surface area contributed by atoms with Crippen molar-refractivity contribution >= 4 is 12.0 Å². The Balaban J connectivity index is 1.68. The van der Waals surface area contributed by atoms with Crippen molar-refractivity contribution in [3.8, 4) is 0 Å². The highest BCUT2D eigenvalue weighted by Crippen LogP contribution is 2.38. The molecule has 6 heteroatoms. The van der Waals surface area contributed by atoms with Crippen LogP contribution in [0.5, 0.6) is 0 Å². The molecule has 0 radical (unpaired) electrons. The molecule has 0 aromatic carbocycles. The minimum absolute atomic E-state index is 0.141. The average molecular weight is 268 g/mol. The normalized spacial score (nSPS) is 37.7. The van der Waals surface area contributed by atoms with E-state index in [0.717, 1.165) is 13.1 Å². The molecule has 2 N–H and O–H groups in total. The SMILES string of the molecule is O=C(O)[C@H]1C[C@@H](O)CN1C(=O)N1CC2CCCC2C1. The number of hydrogen-bond donors (Lipinski definition) is 2. The summed E-state index contributed by atoms with van der Waals surface area (Å²) in [5, 5.41) is 18.7. The van der Waals surface area contributed by atoms with E-state index in [1.807, 2.05) is 0 Å². The van der Waals surface area contributed by atoms with Gasteiger partial charge in [0.1, 0.15) is 6.04 Å². The van der Waals surface area contributed by atoms with Crippen LogP contribution in [0.15, 0.2) is 0 Å². The third-order valence-electron chi connectivity index (χ3n) is 4.81. The van der Waals surface area contributed by atoms with Gasteiger partial charge in [-0.25, -0.2) is 9.59 Å². The number of carbonyl (C=O) groups is 2. The summed E-state index contributed by atoms with van der Waals surface area (Å²) in [6.45, 7) is 1.65. The fourth-order valence-electron chi connectivity index (χ4n) is 3.83. The summed E-state index contributed by atoms with van der Waals surface area (Å²) in [6, 6.07) is -1.08. The van der Waals surface area contributed by atoms with Crippen LogP contribution in [0.1, 0.15) is 25.7 Å². The number of carboxylic acid groups (broad SMARTS) is 1. The molecule has 19 heavy (non-hydrogen) atoms. The summed E-state index contributed by atoms with van der Waals surface area (Å²) < 4.78 is 0. The van der Waals surface area contributed by atoms with Crippen LogP contribution in [0.4, 0.5) is 4.79 Å². The molecule has 6 nitrogen and oxygen atoms in total. The van der Waals surface area contributed by atoms with Crippen molar-refractivity contribution in [3.05, 3.63) is 0 Å². The summed E-state index contributed by atoms with van der Waals surface area (Å²) >= 11 is 0. The minimum Gasteiger partial charge on any atom is -0.480 e. The third kappa shape index (κ3) is 2.18. The van der Waals surface area contributed by atoms with Crippen LogP contribution in [0.3, 0.4) is 0 Å². The number of aliphatic hydroxyl groups is 1.